The molecular formula is C16H23BO3. The van der Waals surface area contributed by atoms with E-state index in [1.807, 2.05) is 12.1 Å². The lowest BCUT2D eigenvalue weighted by molar-refractivity contribution is 0.00578. The van der Waals surface area contributed by atoms with Gasteiger partial charge in [0, 0.05) is 5.82 Å². The molecule has 2 fully saturated rings. The second kappa shape index (κ2) is 4.50. The molecule has 1 saturated carbocycles. The zero-order valence-electron chi connectivity index (χ0n) is 13.0. The van der Waals surface area contributed by atoms with Gasteiger partial charge in [-0.3, -0.25) is 0 Å². The topological polar surface area (TPSA) is 27.7 Å². The van der Waals surface area contributed by atoms with Crippen LogP contribution in [0.15, 0.2) is 24.3 Å². The molecule has 0 amide bonds. The minimum atomic E-state index is -0.231. The SMILES string of the molecule is COc1ccc([C@H]2C[C@H]2B2OC(C)(C)C(C)(C)O2)cc1. The Labute approximate surface area is 121 Å². The zero-order chi connectivity index (χ0) is 14.5. The Balaban J connectivity index is 1.68. The fourth-order valence-corrected chi connectivity index (χ4v) is 2.81. The van der Waals surface area contributed by atoms with Gasteiger partial charge in [-0.1, -0.05) is 12.1 Å². The summed E-state index contributed by atoms with van der Waals surface area (Å²) in [7, 11) is 1.62. The standard InChI is InChI=1S/C16H23BO3/c1-15(2)16(3,4)20-17(19-15)14-10-13(14)11-6-8-12(18-5)9-7-11/h6-9,13-14H,10H2,1-5H3/t13-,14-/m1/s1. The maximum Gasteiger partial charge on any atom is 0.461 e. The van der Waals surface area contributed by atoms with Crippen LogP contribution in [0.4, 0.5) is 0 Å². The van der Waals surface area contributed by atoms with E-state index in [9.17, 15) is 0 Å². The van der Waals surface area contributed by atoms with Crippen molar-refractivity contribution in [2.45, 2.75) is 57.1 Å². The Morgan fingerprint density at radius 1 is 1.05 bits per heavy atom. The number of ether oxygens (including phenoxy) is 1. The van der Waals surface area contributed by atoms with Crippen LogP contribution in [0.2, 0.25) is 5.82 Å². The first kappa shape index (κ1) is 14.0. The molecule has 20 heavy (non-hydrogen) atoms. The molecule has 1 heterocycles. The molecule has 1 aliphatic heterocycles. The van der Waals surface area contributed by atoms with Gasteiger partial charge in [0.15, 0.2) is 0 Å². The molecule has 1 aromatic carbocycles. The molecule has 0 N–H and O–H groups in total. The lowest BCUT2D eigenvalue weighted by atomic mass is 9.79. The largest absolute Gasteiger partial charge is 0.497 e. The molecule has 1 saturated heterocycles. The molecule has 0 aromatic heterocycles. The van der Waals surface area contributed by atoms with E-state index >= 15 is 0 Å². The van der Waals surface area contributed by atoms with Crippen molar-refractivity contribution in [2.24, 2.45) is 0 Å². The predicted octanol–water partition coefficient (Wildman–Crippen LogP) is 3.64. The van der Waals surface area contributed by atoms with E-state index in [1.54, 1.807) is 7.11 Å². The molecule has 1 aliphatic carbocycles. The van der Waals surface area contributed by atoms with Crippen molar-refractivity contribution in [3.05, 3.63) is 29.8 Å². The Bertz CT molecular complexity index is 479. The van der Waals surface area contributed by atoms with Crippen molar-refractivity contribution in [2.75, 3.05) is 7.11 Å². The van der Waals surface area contributed by atoms with Crippen LogP contribution in [0.3, 0.4) is 0 Å². The third kappa shape index (κ3) is 2.25. The fourth-order valence-electron chi connectivity index (χ4n) is 2.81. The number of methoxy groups -OCH3 is 1. The first-order valence-electron chi connectivity index (χ1n) is 7.34. The minimum Gasteiger partial charge on any atom is -0.497 e. The van der Waals surface area contributed by atoms with Gasteiger partial charge in [-0.15, -0.1) is 0 Å². The molecule has 0 unspecified atom stereocenters. The average molecular weight is 274 g/mol. The fraction of sp³-hybridized carbons (Fsp3) is 0.625. The zero-order valence-corrected chi connectivity index (χ0v) is 13.0. The molecule has 1 aromatic rings. The summed E-state index contributed by atoms with van der Waals surface area (Å²) >= 11 is 0. The van der Waals surface area contributed by atoms with E-state index in [2.05, 4.69) is 39.8 Å². The van der Waals surface area contributed by atoms with Gasteiger partial charge in [-0.25, -0.2) is 0 Å². The molecule has 0 spiro atoms. The van der Waals surface area contributed by atoms with Crippen LogP contribution in [-0.4, -0.2) is 25.4 Å². The summed E-state index contributed by atoms with van der Waals surface area (Å²) in [6, 6.07) is 8.34. The van der Waals surface area contributed by atoms with Gasteiger partial charge in [0.1, 0.15) is 5.75 Å². The summed E-state index contributed by atoms with van der Waals surface area (Å²) in [5, 5.41) is 0. The van der Waals surface area contributed by atoms with Gasteiger partial charge in [-0.2, -0.15) is 0 Å². The van der Waals surface area contributed by atoms with Crippen LogP contribution in [0.5, 0.6) is 5.75 Å². The molecular weight excluding hydrogens is 251 g/mol. The monoisotopic (exact) mass is 274 g/mol. The van der Waals surface area contributed by atoms with Gasteiger partial charge in [0.05, 0.1) is 18.3 Å². The quantitative estimate of drug-likeness (QED) is 0.787. The first-order valence-corrected chi connectivity index (χ1v) is 7.34. The summed E-state index contributed by atoms with van der Waals surface area (Å²) in [5.74, 6) is 1.93. The van der Waals surface area contributed by atoms with Gasteiger partial charge in [0.2, 0.25) is 0 Å². The van der Waals surface area contributed by atoms with Crippen LogP contribution in [0.1, 0.15) is 45.6 Å². The molecule has 3 rings (SSSR count). The van der Waals surface area contributed by atoms with E-state index in [4.69, 9.17) is 14.0 Å². The van der Waals surface area contributed by atoms with Crippen molar-refractivity contribution in [3.8, 4) is 5.75 Å². The van der Waals surface area contributed by atoms with Crippen molar-refractivity contribution < 1.29 is 14.0 Å². The molecule has 3 nitrogen and oxygen atoms in total. The maximum absolute atomic E-state index is 6.14. The minimum absolute atomic E-state index is 0.0768. The Hall–Kier alpha value is -0.995. The summed E-state index contributed by atoms with van der Waals surface area (Å²) in [6.45, 7) is 8.44. The van der Waals surface area contributed by atoms with Crippen LogP contribution < -0.4 is 4.74 Å². The Morgan fingerprint density at radius 3 is 2.10 bits per heavy atom. The van der Waals surface area contributed by atoms with Crippen LogP contribution >= 0.6 is 0 Å². The van der Waals surface area contributed by atoms with E-state index in [0.717, 1.165) is 12.2 Å². The van der Waals surface area contributed by atoms with Gasteiger partial charge in [-0.05, 0) is 57.7 Å². The highest BCUT2D eigenvalue weighted by atomic mass is 16.7. The summed E-state index contributed by atoms with van der Waals surface area (Å²) in [6.07, 6.45) is 1.14. The Morgan fingerprint density at radius 2 is 1.60 bits per heavy atom. The summed E-state index contributed by atoms with van der Waals surface area (Å²) in [4.78, 5) is 0. The van der Waals surface area contributed by atoms with Crippen molar-refractivity contribution >= 4 is 7.12 Å². The molecule has 2 atom stereocenters. The second-order valence-corrected chi connectivity index (χ2v) is 6.90. The van der Waals surface area contributed by atoms with Crippen LogP contribution in [0, 0.1) is 0 Å². The molecule has 4 heteroatoms. The number of hydrogen-bond donors (Lipinski definition) is 0. The van der Waals surface area contributed by atoms with Crippen LogP contribution in [0.25, 0.3) is 0 Å². The number of hydrogen-bond acceptors (Lipinski definition) is 3. The average Bonchev–Trinajstić information content (AvgIpc) is 3.13. The smallest absolute Gasteiger partial charge is 0.461 e. The first-order chi connectivity index (χ1) is 9.34. The number of rotatable bonds is 3. The number of benzene rings is 1. The van der Waals surface area contributed by atoms with Gasteiger partial charge < -0.3 is 14.0 Å². The van der Waals surface area contributed by atoms with E-state index in [0.29, 0.717) is 11.7 Å². The molecule has 0 radical (unpaired) electrons. The highest BCUT2D eigenvalue weighted by molar-refractivity contribution is 6.49. The highest BCUT2D eigenvalue weighted by Crippen LogP contribution is 2.58. The van der Waals surface area contributed by atoms with Crippen LogP contribution in [-0.2, 0) is 9.31 Å². The van der Waals surface area contributed by atoms with Crippen molar-refractivity contribution in [3.63, 3.8) is 0 Å². The lowest BCUT2D eigenvalue weighted by Gasteiger charge is -2.32. The lowest BCUT2D eigenvalue weighted by Crippen LogP contribution is -2.41. The summed E-state index contributed by atoms with van der Waals surface area (Å²) < 4.78 is 17.5. The third-order valence-electron chi connectivity index (χ3n) is 5.00. The second-order valence-electron chi connectivity index (χ2n) is 6.90. The van der Waals surface area contributed by atoms with E-state index in [-0.39, 0.29) is 18.3 Å². The van der Waals surface area contributed by atoms with Gasteiger partial charge >= 0.3 is 7.12 Å². The van der Waals surface area contributed by atoms with Crippen molar-refractivity contribution in [1.82, 2.24) is 0 Å². The molecule has 0 bridgehead atoms. The van der Waals surface area contributed by atoms with E-state index < -0.39 is 0 Å². The van der Waals surface area contributed by atoms with E-state index in [1.165, 1.54) is 5.56 Å². The molecule has 2 aliphatic rings. The third-order valence-corrected chi connectivity index (χ3v) is 5.00. The predicted molar refractivity (Wildman–Crippen MR) is 80.2 cm³/mol. The highest BCUT2D eigenvalue weighted by Gasteiger charge is 2.59. The normalized spacial score (nSPS) is 30.4. The summed E-state index contributed by atoms with van der Waals surface area (Å²) in [5.41, 5.74) is 0.889. The van der Waals surface area contributed by atoms with Crippen molar-refractivity contribution in [1.29, 1.82) is 0 Å². The maximum atomic E-state index is 6.14. The van der Waals surface area contributed by atoms with Gasteiger partial charge in [0.25, 0.3) is 0 Å². The molecule has 108 valence electrons. The Kier molecular flexibility index (Phi) is 3.14.